The van der Waals surface area contributed by atoms with Crippen molar-refractivity contribution < 1.29 is 17.9 Å². The van der Waals surface area contributed by atoms with E-state index in [2.05, 4.69) is 10.1 Å². The first kappa shape index (κ1) is 17.4. The molecule has 1 aliphatic rings. The van der Waals surface area contributed by atoms with Crippen LogP contribution in [0.4, 0.5) is 0 Å². The minimum Gasteiger partial charge on any atom is -0.468 e. The summed E-state index contributed by atoms with van der Waals surface area (Å²) in [7, 11) is -2.49. The molecule has 1 saturated heterocycles. The highest BCUT2D eigenvalue weighted by Gasteiger charge is 2.37. The Morgan fingerprint density at radius 1 is 1.35 bits per heavy atom. The van der Waals surface area contributed by atoms with Gasteiger partial charge in [-0.15, -0.1) is 0 Å². The number of nitrogens with zero attached hydrogens (tertiary/aromatic N) is 1. The number of piperidine rings is 1. The Morgan fingerprint density at radius 2 is 2.00 bits per heavy atom. The first-order chi connectivity index (χ1) is 9.30. The van der Waals surface area contributed by atoms with Gasteiger partial charge in [0.15, 0.2) is 5.25 Å². The highest BCUT2D eigenvalue weighted by Crippen LogP contribution is 2.17. The molecule has 1 rings (SSSR count). The van der Waals surface area contributed by atoms with Crippen LogP contribution < -0.4 is 5.32 Å². The Kier molecular flexibility index (Phi) is 6.42. The number of ether oxygens (including phenoxy) is 1. The molecular formula is C13H26N2O4S. The van der Waals surface area contributed by atoms with E-state index in [0.29, 0.717) is 6.54 Å². The smallest absolute Gasteiger partial charge is 0.325 e. The van der Waals surface area contributed by atoms with E-state index in [1.165, 1.54) is 18.3 Å². The number of sulfonamides is 1. The van der Waals surface area contributed by atoms with Crippen LogP contribution in [0.15, 0.2) is 0 Å². The van der Waals surface area contributed by atoms with E-state index in [1.807, 2.05) is 13.8 Å². The van der Waals surface area contributed by atoms with Crippen LogP contribution in [0.2, 0.25) is 0 Å². The van der Waals surface area contributed by atoms with Gasteiger partial charge in [-0.25, -0.2) is 8.42 Å². The van der Waals surface area contributed by atoms with Gasteiger partial charge in [0.25, 0.3) is 0 Å². The van der Waals surface area contributed by atoms with Crippen LogP contribution >= 0.6 is 0 Å². The molecule has 0 saturated carbocycles. The number of hydrogen-bond acceptors (Lipinski definition) is 5. The molecule has 20 heavy (non-hydrogen) atoms. The minimum atomic E-state index is -3.69. The van der Waals surface area contributed by atoms with Gasteiger partial charge >= 0.3 is 5.97 Å². The lowest BCUT2D eigenvalue weighted by molar-refractivity contribution is -0.139. The maximum absolute atomic E-state index is 12.5. The quantitative estimate of drug-likeness (QED) is 0.732. The Bertz CT molecular complexity index is 416. The molecule has 7 heteroatoms. The van der Waals surface area contributed by atoms with Crippen molar-refractivity contribution in [2.75, 3.05) is 20.2 Å². The van der Waals surface area contributed by atoms with Crippen molar-refractivity contribution in [1.29, 1.82) is 0 Å². The van der Waals surface area contributed by atoms with Crippen molar-refractivity contribution in [3.63, 3.8) is 0 Å². The molecule has 1 heterocycles. The second-order valence-electron chi connectivity index (χ2n) is 5.52. The topological polar surface area (TPSA) is 75.7 Å². The lowest BCUT2D eigenvalue weighted by Crippen LogP contribution is -2.51. The van der Waals surface area contributed by atoms with Gasteiger partial charge in [-0.3, -0.25) is 4.79 Å². The number of nitrogens with one attached hydrogen (secondary N) is 1. The monoisotopic (exact) mass is 306 g/mol. The first-order valence-electron chi connectivity index (χ1n) is 7.12. The first-order valence-corrected chi connectivity index (χ1v) is 8.63. The molecule has 2 atom stereocenters. The van der Waals surface area contributed by atoms with E-state index < -0.39 is 21.2 Å². The molecule has 0 aromatic rings. The molecular weight excluding hydrogens is 280 g/mol. The number of esters is 1. The fourth-order valence-electron chi connectivity index (χ4n) is 2.40. The van der Waals surface area contributed by atoms with Crippen LogP contribution in [-0.2, 0) is 19.6 Å². The van der Waals surface area contributed by atoms with Gasteiger partial charge in [0, 0.05) is 18.6 Å². The summed E-state index contributed by atoms with van der Waals surface area (Å²) >= 11 is 0. The lowest BCUT2D eigenvalue weighted by atomic mass is 10.1. The van der Waals surface area contributed by atoms with Gasteiger partial charge in [-0.1, -0.05) is 6.42 Å². The normalized spacial score (nSPS) is 22.0. The molecule has 0 radical (unpaired) electrons. The third-order valence-electron chi connectivity index (χ3n) is 3.70. The second-order valence-corrected chi connectivity index (χ2v) is 7.73. The Hall–Kier alpha value is -0.660. The average Bonchev–Trinajstić information content (AvgIpc) is 2.43. The van der Waals surface area contributed by atoms with E-state index in [9.17, 15) is 13.2 Å². The van der Waals surface area contributed by atoms with Gasteiger partial charge < -0.3 is 10.1 Å². The van der Waals surface area contributed by atoms with E-state index in [1.54, 1.807) is 0 Å². The van der Waals surface area contributed by atoms with Crippen LogP contribution in [-0.4, -0.2) is 56.2 Å². The maximum Gasteiger partial charge on any atom is 0.325 e. The molecule has 0 bridgehead atoms. The number of carbonyl (C=O) groups is 1. The average molecular weight is 306 g/mol. The fourth-order valence-corrected chi connectivity index (χ4v) is 4.12. The molecule has 0 amide bonds. The number of hydrogen-bond donors (Lipinski definition) is 1. The highest BCUT2D eigenvalue weighted by atomic mass is 32.2. The standard InChI is InChI=1S/C13H26N2O4S/c1-10(2)15(9-12-7-5-6-8-14-12)20(17,18)11(3)13(16)19-4/h10-12,14H,5-9H2,1-4H3. The predicted octanol–water partition coefficient (Wildman–Crippen LogP) is 0.730. The molecule has 118 valence electrons. The van der Waals surface area contributed by atoms with Crippen LogP contribution in [0.5, 0.6) is 0 Å². The number of methoxy groups -OCH3 is 1. The summed E-state index contributed by atoms with van der Waals surface area (Å²) in [6.45, 7) is 6.35. The third-order valence-corrected chi connectivity index (χ3v) is 6.01. The van der Waals surface area contributed by atoms with Gasteiger partial charge in [0.2, 0.25) is 10.0 Å². The molecule has 6 nitrogen and oxygen atoms in total. The van der Waals surface area contributed by atoms with Crippen LogP contribution in [0.1, 0.15) is 40.0 Å². The van der Waals surface area contributed by atoms with Crippen LogP contribution in [0, 0.1) is 0 Å². The van der Waals surface area contributed by atoms with Crippen molar-refractivity contribution in [1.82, 2.24) is 9.62 Å². The molecule has 1 aliphatic heterocycles. The van der Waals surface area contributed by atoms with Crippen molar-refractivity contribution in [3.8, 4) is 0 Å². The molecule has 0 spiro atoms. The van der Waals surface area contributed by atoms with E-state index in [4.69, 9.17) is 0 Å². The largest absolute Gasteiger partial charge is 0.468 e. The molecule has 1 fully saturated rings. The second kappa shape index (κ2) is 7.38. The van der Waals surface area contributed by atoms with Gasteiger partial charge in [0.1, 0.15) is 0 Å². The number of rotatable bonds is 6. The molecule has 1 N–H and O–H groups in total. The van der Waals surface area contributed by atoms with Crippen molar-refractivity contribution in [2.24, 2.45) is 0 Å². The Balaban J connectivity index is 2.85. The summed E-state index contributed by atoms with van der Waals surface area (Å²) in [5.41, 5.74) is 0. The molecule has 0 aromatic carbocycles. The highest BCUT2D eigenvalue weighted by molar-refractivity contribution is 7.90. The Morgan fingerprint density at radius 3 is 2.45 bits per heavy atom. The maximum atomic E-state index is 12.5. The van der Waals surface area contributed by atoms with Crippen molar-refractivity contribution in [3.05, 3.63) is 0 Å². The summed E-state index contributed by atoms with van der Waals surface area (Å²) in [6.07, 6.45) is 3.20. The van der Waals surface area contributed by atoms with Gasteiger partial charge in [-0.2, -0.15) is 4.31 Å². The van der Waals surface area contributed by atoms with E-state index in [-0.39, 0.29) is 12.1 Å². The van der Waals surface area contributed by atoms with Crippen LogP contribution in [0.25, 0.3) is 0 Å². The SMILES string of the molecule is COC(=O)C(C)S(=O)(=O)N(CC1CCCCN1)C(C)C. The fraction of sp³-hybridized carbons (Fsp3) is 0.923. The third kappa shape index (κ3) is 4.17. The zero-order chi connectivity index (χ0) is 15.3. The van der Waals surface area contributed by atoms with Crippen LogP contribution in [0.3, 0.4) is 0 Å². The molecule has 0 aliphatic carbocycles. The van der Waals surface area contributed by atoms with Crippen molar-refractivity contribution in [2.45, 2.75) is 57.4 Å². The zero-order valence-corrected chi connectivity index (χ0v) is 13.6. The zero-order valence-electron chi connectivity index (χ0n) is 12.8. The van der Waals surface area contributed by atoms with E-state index in [0.717, 1.165) is 25.8 Å². The van der Waals surface area contributed by atoms with Crippen molar-refractivity contribution >= 4 is 16.0 Å². The summed E-state index contributed by atoms with van der Waals surface area (Å²) in [5.74, 6) is -0.716. The minimum absolute atomic E-state index is 0.158. The summed E-state index contributed by atoms with van der Waals surface area (Å²) in [4.78, 5) is 11.5. The lowest BCUT2D eigenvalue weighted by Gasteiger charge is -2.33. The molecule has 2 unspecified atom stereocenters. The van der Waals surface area contributed by atoms with Gasteiger partial charge in [-0.05, 0) is 40.2 Å². The summed E-state index contributed by atoms with van der Waals surface area (Å²) in [6, 6.07) is -0.0263. The Labute approximate surface area is 121 Å². The number of carbonyl (C=O) groups excluding carboxylic acids is 1. The predicted molar refractivity (Wildman–Crippen MR) is 77.9 cm³/mol. The van der Waals surface area contributed by atoms with E-state index >= 15 is 0 Å². The summed E-state index contributed by atoms with van der Waals surface area (Å²) < 4.78 is 31.1. The molecule has 0 aromatic heterocycles. The van der Waals surface area contributed by atoms with Gasteiger partial charge in [0.05, 0.1) is 7.11 Å². The summed E-state index contributed by atoms with van der Waals surface area (Å²) in [5, 5.41) is 2.17.